The van der Waals surface area contributed by atoms with E-state index in [1.165, 1.54) is 18.2 Å². The van der Waals surface area contributed by atoms with Gasteiger partial charge in [0.25, 0.3) is 5.91 Å². The van der Waals surface area contributed by atoms with Crippen molar-refractivity contribution in [3.05, 3.63) is 77.0 Å². The van der Waals surface area contributed by atoms with Crippen LogP contribution in [0.25, 0.3) is 0 Å². The Morgan fingerprint density at radius 3 is 2.59 bits per heavy atom. The topological polar surface area (TPSA) is 66.9 Å². The normalized spacial score (nSPS) is 10.5. The number of carbonyl (C=O) groups is 1. The van der Waals surface area contributed by atoms with Crippen molar-refractivity contribution >= 4 is 23.1 Å². The quantitative estimate of drug-likeness (QED) is 0.683. The Morgan fingerprint density at radius 2 is 1.85 bits per heavy atom. The average Bonchev–Trinajstić information content (AvgIpc) is 2.63. The van der Waals surface area contributed by atoms with Crippen molar-refractivity contribution in [2.75, 3.05) is 10.6 Å². The van der Waals surface area contributed by atoms with Crippen LogP contribution >= 0.6 is 0 Å². The molecule has 0 aliphatic carbocycles. The number of amides is 1. The van der Waals surface area contributed by atoms with Crippen molar-refractivity contribution in [2.24, 2.45) is 0 Å². The molecule has 1 amide bonds. The zero-order valence-corrected chi connectivity index (χ0v) is 15.5. The minimum atomic E-state index is -0.422. The third-order valence-corrected chi connectivity index (χ3v) is 4.15. The summed E-state index contributed by atoms with van der Waals surface area (Å²) in [6, 6.07) is 13.4. The van der Waals surface area contributed by atoms with Gasteiger partial charge in [0.1, 0.15) is 23.2 Å². The first-order chi connectivity index (χ1) is 13.0. The standard InChI is InChI=1S/C21H21FN4O/c1-4-15-8-5-7-13(2)20(15)26-19-12-18(23-14(3)24-19)21(27)25-17-10-6-9-16(22)11-17/h5-12H,4H2,1-3H3,(H,25,27)(H,23,24,26). The molecule has 0 radical (unpaired) electrons. The lowest BCUT2D eigenvalue weighted by Gasteiger charge is -2.14. The van der Waals surface area contributed by atoms with Crippen LogP contribution in [0.3, 0.4) is 0 Å². The third kappa shape index (κ3) is 4.47. The van der Waals surface area contributed by atoms with Crippen LogP contribution in [0.4, 0.5) is 21.6 Å². The van der Waals surface area contributed by atoms with Gasteiger partial charge in [-0.15, -0.1) is 0 Å². The highest BCUT2D eigenvalue weighted by Gasteiger charge is 2.13. The summed E-state index contributed by atoms with van der Waals surface area (Å²) in [4.78, 5) is 21.1. The van der Waals surface area contributed by atoms with E-state index in [1.54, 1.807) is 19.1 Å². The van der Waals surface area contributed by atoms with Crippen LogP contribution in [-0.2, 0) is 6.42 Å². The summed E-state index contributed by atoms with van der Waals surface area (Å²) in [5.74, 6) is 0.169. The molecule has 0 aliphatic heterocycles. The van der Waals surface area contributed by atoms with E-state index < -0.39 is 11.7 Å². The van der Waals surface area contributed by atoms with Crippen molar-refractivity contribution in [1.82, 2.24) is 9.97 Å². The summed E-state index contributed by atoms with van der Waals surface area (Å²) < 4.78 is 13.3. The van der Waals surface area contributed by atoms with Gasteiger partial charge in [-0.1, -0.05) is 31.2 Å². The van der Waals surface area contributed by atoms with E-state index in [9.17, 15) is 9.18 Å². The maximum absolute atomic E-state index is 13.3. The number of aromatic nitrogens is 2. The number of hydrogen-bond donors (Lipinski definition) is 2. The lowest BCUT2D eigenvalue weighted by atomic mass is 10.1. The number of halogens is 1. The predicted octanol–water partition coefficient (Wildman–Crippen LogP) is 4.79. The first-order valence-electron chi connectivity index (χ1n) is 8.74. The summed E-state index contributed by atoms with van der Waals surface area (Å²) in [7, 11) is 0. The van der Waals surface area contributed by atoms with E-state index in [0.29, 0.717) is 17.3 Å². The molecule has 0 atom stereocenters. The van der Waals surface area contributed by atoms with Crippen LogP contribution in [0.5, 0.6) is 0 Å². The Bertz CT molecular complexity index is 988. The number of aryl methyl sites for hydroxylation is 3. The first kappa shape index (κ1) is 18.5. The van der Waals surface area contributed by atoms with Gasteiger partial charge in [0.15, 0.2) is 0 Å². The number of anilines is 3. The lowest BCUT2D eigenvalue weighted by Crippen LogP contribution is -2.15. The molecular formula is C21H21FN4O. The van der Waals surface area contributed by atoms with Gasteiger partial charge in [-0.25, -0.2) is 14.4 Å². The number of nitrogens with zero attached hydrogens (tertiary/aromatic N) is 2. The highest BCUT2D eigenvalue weighted by molar-refractivity contribution is 6.03. The van der Waals surface area contributed by atoms with Crippen molar-refractivity contribution in [1.29, 1.82) is 0 Å². The van der Waals surface area contributed by atoms with Gasteiger partial charge >= 0.3 is 0 Å². The number of hydrogen-bond acceptors (Lipinski definition) is 4. The minimum Gasteiger partial charge on any atom is -0.340 e. The zero-order valence-electron chi connectivity index (χ0n) is 15.5. The van der Waals surface area contributed by atoms with Crippen molar-refractivity contribution in [3.8, 4) is 0 Å². The fourth-order valence-electron chi connectivity index (χ4n) is 2.84. The molecule has 1 aromatic heterocycles. The molecule has 27 heavy (non-hydrogen) atoms. The van der Waals surface area contributed by atoms with Crippen LogP contribution in [0.15, 0.2) is 48.5 Å². The molecule has 0 aliphatic rings. The third-order valence-electron chi connectivity index (χ3n) is 4.15. The summed E-state index contributed by atoms with van der Waals surface area (Å²) >= 11 is 0. The molecule has 2 aromatic carbocycles. The van der Waals surface area contributed by atoms with Gasteiger partial charge < -0.3 is 10.6 Å². The predicted molar refractivity (Wildman–Crippen MR) is 105 cm³/mol. The molecule has 5 nitrogen and oxygen atoms in total. The number of carbonyl (C=O) groups excluding carboxylic acids is 1. The molecule has 3 rings (SSSR count). The Hall–Kier alpha value is -3.28. The molecule has 0 fully saturated rings. The van der Waals surface area contributed by atoms with Gasteiger partial charge in [-0.05, 0) is 49.6 Å². The van der Waals surface area contributed by atoms with E-state index in [-0.39, 0.29) is 5.69 Å². The highest BCUT2D eigenvalue weighted by Crippen LogP contribution is 2.25. The Balaban J connectivity index is 1.87. The smallest absolute Gasteiger partial charge is 0.274 e. The average molecular weight is 364 g/mol. The number of nitrogens with one attached hydrogen (secondary N) is 2. The van der Waals surface area contributed by atoms with E-state index in [2.05, 4.69) is 33.6 Å². The van der Waals surface area contributed by atoms with Crippen molar-refractivity contribution in [2.45, 2.75) is 27.2 Å². The summed E-state index contributed by atoms with van der Waals surface area (Å²) in [6.45, 7) is 5.83. The molecule has 3 aromatic rings. The molecule has 0 bridgehead atoms. The van der Waals surface area contributed by atoms with Gasteiger partial charge in [0.05, 0.1) is 0 Å². The second kappa shape index (κ2) is 7.95. The molecular weight excluding hydrogens is 343 g/mol. The van der Waals surface area contributed by atoms with E-state index >= 15 is 0 Å². The lowest BCUT2D eigenvalue weighted by molar-refractivity contribution is 0.102. The van der Waals surface area contributed by atoms with E-state index in [4.69, 9.17) is 0 Å². The van der Waals surface area contributed by atoms with Crippen molar-refractivity contribution in [3.63, 3.8) is 0 Å². The monoisotopic (exact) mass is 364 g/mol. The van der Waals surface area contributed by atoms with Crippen LogP contribution in [0, 0.1) is 19.7 Å². The van der Waals surface area contributed by atoms with Gasteiger partial charge in [0.2, 0.25) is 0 Å². The van der Waals surface area contributed by atoms with E-state index in [1.807, 2.05) is 19.1 Å². The van der Waals surface area contributed by atoms with Crippen LogP contribution in [0.2, 0.25) is 0 Å². The SMILES string of the molecule is CCc1cccc(C)c1Nc1cc(C(=O)Nc2cccc(F)c2)nc(C)n1. The molecule has 1 heterocycles. The van der Waals surface area contributed by atoms with Crippen LogP contribution in [0.1, 0.15) is 34.4 Å². The largest absolute Gasteiger partial charge is 0.340 e. The van der Waals surface area contributed by atoms with Gasteiger partial charge in [-0.2, -0.15) is 0 Å². The van der Waals surface area contributed by atoms with E-state index in [0.717, 1.165) is 23.2 Å². The Kier molecular flexibility index (Phi) is 5.45. The molecule has 0 spiro atoms. The maximum Gasteiger partial charge on any atom is 0.274 e. The second-order valence-electron chi connectivity index (χ2n) is 6.24. The van der Waals surface area contributed by atoms with Crippen molar-refractivity contribution < 1.29 is 9.18 Å². The van der Waals surface area contributed by atoms with Gasteiger partial charge in [-0.3, -0.25) is 4.79 Å². The Morgan fingerprint density at radius 1 is 1.07 bits per heavy atom. The molecule has 0 saturated heterocycles. The molecule has 138 valence electrons. The molecule has 2 N–H and O–H groups in total. The molecule has 0 saturated carbocycles. The summed E-state index contributed by atoms with van der Waals surface area (Å²) in [5, 5.41) is 5.96. The van der Waals surface area contributed by atoms with Crippen LogP contribution < -0.4 is 10.6 Å². The Labute approximate surface area is 157 Å². The number of rotatable bonds is 5. The number of para-hydroxylation sites is 1. The fourth-order valence-corrected chi connectivity index (χ4v) is 2.84. The highest BCUT2D eigenvalue weighted by atomic mass is 19.1. The van der Waals surface area contributed by atoms with Crippen LogP contribution in [-0.4, -0.2) is 15.9 Å². The summed E-state index contributed by atoms with van der Waals surface area (Å²) in [5.41, 5.74) is 3.82. The zero-order chi connectivity index (χ0) is 19.4. The molecule has 6 heteroatoms. The first-order valence-corrected chi connectivity index (χ1v) is 8.74. The van der Waals surface area contributed by atoms with Gasteiger partial charge in [0, 0.05) is 17.4 Å². The fraction of sp³-hybridized carbons (Fsp3) is 0.190. The molecule has 0 unspecified atom stereocenters. The minimum absolute atomic E-state index is 0.209. The second-order valence-corrected chi connectivity index (χ2v) is 6.24. The number of benzene rings is 2. The summed E-state index contributed by atoms with van der Waals surface area (Å²) in [6.07, 6.45) is 0.876. The maximum atomic E-state index is 13.3.